The van der Waals surface area contributed by atoms with Crippen LogP contribution in [0, 0.1) is 0 Å². The summed E-state index contributed by atoms with van der Waals surface area (Å²) in [6.45, 7) is 5.09. The maximum atomic E-state index is 9.60. The Morgan fingerprint density at radius 1 is 1.23 bits per heavy atom. The van der Waals surface area contributed by atoms with Gasteiger partial charge in [-0.3, -0.25) is 9.58 Å². The van der Waals surface area contributed by atoms with E-state index >= 15 is 0 Å². The van der Waals surface area contributed by atoms with E-state index in [0.29, 0.717) is 6.04 Å². The highest BCUT2D eigenvalue weighted by Crippen LogP contribution is 2.30. The monoisotopic (exact) mass is 297 g/mol. The van der Waals surface area contributed by atoms with Gasteiger partial charge in [0, 0.05) is 43.4 Å². The quantitative estimate of drug-likeness (QED) is 0.941. The Morgan fingerprint density at radius 2 is 1.95 bits per heavy atom. The molecule has 4 heteroatoms. The van der Waals surface area contributed by atoms with Gasteiger partial charge in [-0.15, -0.1) is 0 Å². The molecule has 22 heavy (non-hydrogen) atoms. The molecule has 2 heterocycles. The molecule has 2 aliphatic rings. The van der Waals surface area contributed by atoms with Crippen LogP contribution < -0.4 is 0 Å². The van der Waals surface area contributed by atoms with Crippen LogP contribution in [0.15, 0.2) is 24.3 Å². The molecule has 4 rings (SSSR count). The number of aliphatic hydroxyl groups excluding tert-OH is 1. The van der Waals surface area contributed by atoms with E-state index in [9.17, 15) is 5.11 Å². The number of rotatable bonds is 3. The molecule has 1 aromatic carbocycles. The Morgan fingerprint density at radius 3 is 2.59 bits per heavy atom. The third kappa shape index (κ3) is 2.18. The molecule has 0 radical (unpaired) electrons. The highest BCUT2D eigenvalue weighted by molar-refractivity contribution is 5.34. The summed E-state index contributed by atoms with van der Waals surface area (Å²) in [5.74, 6) is 0. The Hall–Kier alpha value is -1.65. The first-order valence-electron chi connectivity index (χ1n) is 8.29. The van der Waals surface area contributed by atoms with E-state index in [1.165, 1.54) is 22.4 Å². The van der Waals surface area contributed by atoms with Crippen molar-refractivity contribution in [1.29, 1.82) is 0 Å². The molecule has 0 saturated carbocycles. The molecule has 0 amide bonds. The topological polar surface area (TPSA) is 41.3 Å². The zero-order valence-electron chi connectivity index (χ0n) is 13.1. The second-order valence-corrected chi connectivity index (χ2v) is 6.40. The smallest absolute Gasteiger partial charge is 0.0926 e. The van der Waals surface area contributed by atoms with Gasteiger partial charge in [0.05, 0.1) is 12.3 Å². The van der Waals surface area contributed by atoms with Gasteiger partial charge in [-0.1, -0.05) is 24.3 Å². The summed E-state index contributed by atoms with van der Waals surface area (Å²) in [7, 11) is 0. The lowest BCUT2D eigenvalue weighted by molar-refractivity contribution is 0.179. The largest absolute Gasteiger partial charge is 0.390 e. The zero-order chi connectivity index (χ0) is 15.1. The average molecular weight is 297 g/mol. The number of hydrogen-bond donors (Lipinski definition) is 1. The lowest BCUT2D eigenvalue weighted by Gasteiger charge is -2.32. The molecule has 1 aliphatic heterocycles. The van der Waals surface area contributed by atoms with Gasteiger partial charge >= 0.3 is 0 Å². The van der Waals surface area contributed by atoms with Crippen molar-refractivity contribution in [2.24, 2.45) is 0 Å². The van der Waals surface area contributed by atoms with Crippen LogP contribution in [-0.4, -0.2) is 32.4 Å². The third-order valence-corrected chi connectivity index (χ3v) is 5.24. The van der Waals surface area contributed by atoms with Gasteiger partial charge in [-0.2, -0.15) is 5.10 Å². The molecule has 0 spiro atoms. The number of benzene rings is 1. The maximum Gasteiger partial charge on any atom is 0.0926 e. The van der Waals surface area contributed by atoms with Gasteiger partial charge in [-0.05, 0) is 30.9 Å². The highest BCUT2D eigenvalue weighted by Gasteiger charge is 2.31. The summed E-state index contributed by atoms with van der Waals surface area (Å²) in [5, 5.41) is 14.2. The summed E-state index contributed by atoms with van der Waals surface area (Å²) in [5.41, 5.74) is 6.48. The van der Waals surface area contributed by atoms with Crippen LogP contribution in [0.2, 0.25) is 0 Å². The second kappa shape index (κ2) is 5.52. The minimum absolute atomic E-state index is 0.0497. The van der Waals surface area contributed by atoms with E-state index in [4.69, 9.17) is 0 Å². The predicted molar refractivity (Wildman–Crippen MR) is 85.6 cm³/mol. The molecular weight excluding hydrogens is 274 g/mol. The first kappa shape index (κ1) is 14.0. The Labute approximate surface area is 131 Å². The third-order valence-electron chi connectivity index (χ3n) is 5.24. The number of aromatic nitrogens is 2. The molecule has 0 fully saturated rings. The Bertz CT molecular complexity index is 667. The van der Waals surface area contributed by atoms with Gasteiger partial charge < -0.3 is 5.11 Å². The van der Waals surface area contributed by atoms with Crippen molar-refractivity contribution in [3.63, 3.8) is 0 Å². The molecule has 1 N–H and O–H groups in total. The summed E-state index contributed by atoms with van der Waals surface area (Å²) >= 11 is 0. The fraction of sp³-hybridized carbons (Fsp3) is 0.500. The van der Waals surface area contributed by atoms with E-state index in [1.807, 2.05) is 0 Å². The molecule has 1 aromatic heterocycles. The van der Waals surface area contributed by atoms with Crippen molar-refractivity contribution in [1.82, 2.24) is 14.7 Å². The summed E-state index contributed by atoms with van der Waals surface area (Å²) in [6.07, 6.45) is 3.35. The molecule has 0 bridgehead atoms. The fourth-order valence-electron chi connectivity index (χ4n) is 4.08. The normalized spacial score (nSPS) is 18.5. The summed E-state index contributed by atoms with van der Waals surface area (Å²) in [6, 6.07) is 9.41. The van der Waals surface area contributed by atoms with Crippen LogP contribution in [0.3, 0.4) is 0 Å². The first-order chi connectivity index (χ1) is 10.8. The van der Waals surface area contributed by atoms with Gasteiger partial charge in [0.15, 0.2) is 0 Å². The van der Waals surface area contributed by atoms with Crippen LogP contribution in [0.25, 0.3) is 0 Å². The molecule has 0 atom stereocenters. The zero-order valence-corrected chi connectivity index (χ0v) is 13.1. The number of fused-ring (bicyclic) bond motifs is 2. The van der Waals surface area contributed by atoms with E-state index < -0.39 is 0 Å². The van der Waals surface area contributed by atoms with E-state index in [0.717, 1.165) is 44.6 Å². The number of hydrogen-bond acceptors (Lipinski definition) is 3. The van der Waals surface area contributed by atoms with Gasteiger partial charge in [0.2, 0.25) is 0 Å². The Kier molecular flexibility index (Phi) is 3.51. The van der Waals surface area contributed by atoms with Crippen molar-refractivity contribution in [3.8, 4) is 0 Å². The molecule has 0 saturated heterocycles. The molecule has 1 aliphatic carbocycles. The summed E-state index contributed by atoms with van der Waals surface area (Å²) < 4.78 is 2.07. The molecule has 4 nitrogen and oxygen atoms in total. The first-order valence-corrected chi connectivity index (χ1v) is 8.29. The fourth-order valence-corrected chi connectivity index (χ4v) is 4.08. The Balaban J connectivity index is 1.57. The van der Waals surface area contributed by atoms with E-state index in [1.54, 1.807) is 0 Å². The second-order valence-electron chi connectivity index (χ2n) is 6.40. The summed E-state index contributed by atoms with van der Waals surface area (Å²) in [4.78, 5) is 2.59. The number of nitrogens with zero attached hydrogens (tertiary/aromatic N) is 3. The van der Waals surface area contributed by atoms with Crippen LogP contribution in [0.1, 0.15) is 35.0 Å². The lowest BCUT2D eigenvalue weighted by atomic mass is 10.0. The maximum absolute atomic E-state index is 9.60. The molecule has 2 aromatic rings. The average Bonchev–Trinajstić information content (AvgIpc) is 3.15. The van der Waals surface area contributed by atoms with Crippen molar-refractivity contribution in [2.75, 3.05) is 6.54 Å². The van der Waals surface area contributed by atoms with Crippen molar-refractivity contribution in [3.05, 3.63) is 52.3 Å². The minimum Gasteiger partial charge on any atom is -0.390 e. The molecule has 116 valence electrons. The SMILES string of the molecule is CCn1nc(CO)c2c1CCN(C1Cc3ccccc3C1)C2. The van der Waals surface area contributed by atoms with Crippen molar-refractivity contribution in [2.45, 2.75) is 51.9 Å². The number of aliphatic hydroxyl groups is 1. The van der Waals surface area contributed by atoms with Crippen molar-refractivity contribution >= 4 is 0 Å². The van der Waals surface area contributed by atoms with E-state index in [2.05, 4.69) is 45.9 Å². The van der Waals surface area contributed by atoms with Crippen LogP contribution in [0.4, 0.5) is 0 Å². The van der Waals surface area contributed by atoms with Crippen LogP contribution in [0.5, 0.6) is 0 Å². The van der Waals surface area contributed by atoms with E-state index in [-0.39, 0.29) is 6.61 Å². The number of aryl methyl sites for hydroxylation is 1. The van der Waals surface area contributed by atoms with Crippen LogP contribution >= 0.6 is 0 Å². The highest BCUT2D eigenvalue weighted by atomic mass is 16.3. The molecular formula is C18H23N3O. The van der Waals surface area contributed by atoms with Crippen molar-refractivity contribution < 1.29 is 5.11 Å². The standard InChI is InChI=1S/C18H23N3O/c1-2-21-18-7-8-20(11-16(18)17(12-22)19-21)15-9-13-5-3-4-6-14(13)10-15/h3-6,15,22H,2,7-12H2,1H3. The predicted octanol–water partition coefficient (Wildman–Crippen LogP) is 1.92. The lowest BCUT2D eigenvalue weighted by Crippen LogP contribution is -2.40. The van der Waals surface area contributed by atoms with Gasteiger partial charge in [0.25, 0.3) is 0 Å². The van der Waals surface area contributed by atoms with Gasteiger partial charge in [0.1, 0.15) is 0 Å². The minimum atomic E-state index is 0.0497. The molecule has 0 unspecified atom stereocenters. The van der Waals surface area contributed by atoms with Gasteiger partial charge in [-0.25, -0.2) is 0 Å². The van der Waals surface area contributed by atoms with Crippen LogP contribution in [-0.2, 0) is 39.0 Å².